The maximum absolute atomic E-state index is 13.1. The van der Waals surface area contributed by atoms with Crippen LogP contribution in [0.3, 0.4) is 0 Å². The molecule has 0 aromatic heterocycles. The van der Waals surface area contributed by atoms with Crippen molar-refractivity contribution >= 4 is 21.6 Å². The molecule has 0 saturated heterocycles. The highest BCUT2D eigenvalue weighted by molar-refractivity contribution is 8.00. The molecule has 2 aromatic rings. The molecule has 0 fully saturated rings. The third-order valence-electron chi connectivity index (χ3n) is 4.52. The van der Waals surface area contributed by atoms with Crippen molar-refractivity contribution in [2.45, 2.75) is 40.9 Å². The summed E-state index contributed by atoms with van der Waals surface area (Å²) in [5.41, 5.74) is 0. The number of hydrogen-bond acceptors (Lipinski definition) is 4. The van der Waals surface area contributed by atoms with Crippen molar-refractivity contribution in [3.8, 4) is 0 Å². The highest BCUT2D eigenvalue weighted by Crippen LogP contribution is 2.37. The Balaban J connectivity index is 1.97. The van der Waals surface area contributed by atoms with Crippen molar-refractivity contribution in [1.82, 2.24) is 0 Å². The summed E-state index contributed by atoms with van der Waals surface area (Å²) in [5.74, 6) is -0.411. The van der Waals surface area contributed by atoms with Crippen LogP contribution in [0, 0.1) is 5.92 Å². The van der Waals surface area contributed by atoms with Crippen molar-refractivity contribution < 1.29 is 13.5 Å². The van der Waals surface area contributed by atoms with Crippen LogP contribution in [-0.2, 0) is 9.84 Å². The summed E-state index contributed by atoms with van der Waals surface area (Å²) < 4.78 is 26.2. The fraction of sp³-hybridized carbons (Fsp3) is 0.300. The molecule has 0 heterocycles. The van der Waals surface area contributed by atoms with Gasteiger partial charge in [0.15, 0.2) is 0 Å². The molecule has 1 aliphatic rings. The molecule has 0 saturated carbocycles. The largest absolute Gasteiger partial charge is 0.392 e. The summed E-state index contributed by atoms with van der Waals surface area (Å²) in [5, 5.41) is 10.4. The minimum absolute atomic E-state index is 0.0236. The lowest BCUT2D eigenvalue weighted by molar-refractivity contribution is 0.127. The summed E-state index contributed by atoms with van der Waals surface area (Å²) in [6, 6.07) is 18.4. The van der Waals surface area contributed by atoms with Crippen LogP contribution in [-0.4, -0.2) is 24.9 Å². The van der Waals surface area contributed by atoms with Crippen LogP contribution in [0.25, 0.3) is 0 Å². The first-order chi connectivity index (χ1) is 12.0. The highest BCUT2D eigenvalue weighted by atomic mass is 32.2. The van der Waals surface area contributed by atoms with Gasteiger partial charge < -0.3 is 5.11 Å². The average Bonchev–Trinajstić information content (AvgIpc) is 2.77. The van der Waals surface area contributed by atoms with Crippen molar-refractivity contribution in [1.29, 1.82) is 0 Å². The number of hydrogen-bond donors (Lipinski definition) is 1. The minimum atomic E-state index is -3.60. The predicted octanol–water partition coefficient (Wildman–Crippen LogP) is 4.30. The monoisotopic (exact) mass is 374 g/mol. The first-order valence-electron chi connectivity index (χ1n) is 8.40. The minimum Gasteiger partial charge on any atom is -0.392 e. The van der Waals surface area contributed by atoms with E-state index in [9.17, 15) is 13.5 Å². The zero-order valence-corrected chi connectivity index (χ0v) is 15.7. The number of aliphatic hydroxyl groups excluding tert-OH is 1. The molecule has 0 amide bonds. The molecule has 3 atom stereocenters. The summed E-state index contributed by atoms with van der Waals surface area (Å²) >= 11 is 1.65. The number of sulfone groups is 1. The third kappa shape index (κ3) is 4.17. The predicted molar refractivity (Wildman–Crippen MR) is 102 cm³/mol. The average molecular weight is 375 g/mol. The van der Waals surface area contributed by atoms with Gasteiger partial charge in [-0.25, -0.2) is 8.42 Å². The van der Waals surface area contributed by atoms with E-state index < -0.39 is 21.9 Å². The summed E-state index contributed by atoms with van der Waals surface area (Å²) in [4.78, 5) is 1.71. The van der Waals surface area contributed by atoms with E-state index in [1.54, 1.807) is 49.0 Å². The van der Waals surface area contributed by atoms with Crippen molar-refractivity contribution in [2.24, 2.45) is 5.92 Å². The second-order valence-electron chi connectivity index (χ2n) is 6.29. The normalized spacial score (nSPS) is 24.4. The van der Waals surface area contributed by atoms with Crippen LogP contribution in [0.15, 0.2) is 81.4 Å². The molecule has 0 spiro atoms. The second kappa shape index (κ2) is 7.77. The summed E-state index contributed by atoms with van der Waals surface area (Å²) in [7, 11) is -3.60. The SMILES string of the molecule is CC1C(S(=O)(=O)c2ccccc2)=CC(Sc2ccccc2)CCC1O. The van der Waals surface area contributed by atoms with E-state index in [0.717, 1.165) is 11.3 Å². The van der Waals surface area contributed by atoms with E-state index >= 15 is 0 Å². The Hall–Kier alpha value is -1.56. The number of benzene rings is 2. The van der Waals surface area contributed by atoms with Crippen LogP contribution in [0.4, 0.5) is 0 Å². The Bertz CT molecular complexity index is 830. The molecule has 3 nitrogen and oxygen atoms in total. The van der Waals surface area contributed by atoms with Crippen LogP contribution < -0.4 is 0 Å². The lowest BCUT2D eigenvalue weighted by Gasteiger charge is -2.19. The van der Waals surface area contributed by atoms with Crippen molar-refractivity contribution in [3.63, 3.8) is 0 Å². The van der Waals surface area contributed by atoms with Gasteiger partial charge in [0.2, 0.25) is 9.84 Å². The molecule has 132 valence electrons. The third-order valence-corrected chi connectivity index (χ3v) is 7.76. The van der Waals surface area contributed by atoms with E-state index in [0.29, 0.717) is 11.3 Å². The molecule has 0 bridgehead atoms. The number of rotatable bonds is 4. The van der Waals surface area contributed by atoms with Gasteiger partial charge in [-0.3, -0.25) is 0 Å². The summed E-state index contributed by atoms with van der Waals surface area (Å²) in [6.45, 7) is 1.80. The fourth-order valence-electron chi connectivity index (χ4n) is 3.03. The van der Waals surface area contributed by atoms with Crippen molar-refractivity contribution in [2.75, 3.05) is 0 Å². The van der Waals surface area contributed by atoms with E-state index in [-0.39, 0.29) is 10.1 Å². The lowest BCUT2D eigenvalue weighted by Crippen LogP contribution is -2.22. The van der Waals surface area contributed by atoms with E-state index in [1.165, 1.54) is 0 Å². The zero-order chi connectivity index (χ0) is 17.9. The van der Waals surface area contributed by atoms with Crippen LogP contribution in [0.5, 0.6) is 0 Å². The van der Waals surface area contributed by atoms with Gasteiger partial charge in [0.1, 0.15) is 0 Å². The Labute approximate surface area is 153 Å². The topological polar surface area (TPSA) is 54.4 Å². The maximum atomic E-state index is 13.1. The van der Waals surface area contributed by atoms with Gasteiger partial charge in [0.25, 0.3) is 0 Å². The molecule has 2 aromatic carbocycles. The molecule has 0 radical (unpaired) electrons. The van der Waals surface area contributed by atoms with Gasteiger partial charge in [-0.05, 0) is 37.1 Å². The summed E-state index contributed by atoms with van der Waals surface area (Å²) in [6.07, 6.45) is 2.54. The smallest absolute Gasteiger partial charge is 0.202 e. The Morgan fingerprint density at radius 3 is 2.20 bits per heavy atom. The first kappa shape index (κ1) is 18.2. The molecule has 1 aliphatic carbocycles. The molecule has 25 heavy (non-hydrogen) atoms. The molecule has 3 rings (SSSR count). The molecule has 1 N–H and O–H groups in total. The molecule has 3 unspecified atom stereocenters. The molecular weight excluding hydrogens is 352 g/mol. The standard InChI is InChI=1S/C20H22O3S2/c1-15-19(21)13-12-17(24-16-8-4-2-5-9-16)14-20(15)25(22,23)18-10-6-3-7-11-18/h2-11,14-15,17,19,21H,12-13H2,1H3. The van der Waals surface area contributed by atoms with Crippen LogP contribution in [0.1, 0.15) is 19.8 Å². The Morgan fingerprint density at radius 2 is 1.56 bits per heavy atom. The van der Waals surface area contributed by atoms with Gasteiger partial charge in [-0.1, -0.05) is 49.4 Å². The second-order valence-corrected chi connectivity index (χ2v) is 9.55. The van der Waals surface area contributed by atoms with E-state index in [4.69, 9.17) is 0 Å². The van der Waals surface area contributed by atoms with E-state index in [1.807, 2.05) is 36.4 Å². The maximum Gasteiger partial charge on any atom is 0.202 e. The highest BCUT2D eigenvalue weighted by Gasteiger charge is 2.33. The van der Waals surface area contributed by atoms with Gasteiger partial charge in [-0.2, -0.15) is 0 Å². The quantitative estimate of drug-likeness (QED) is 0.867. The Kier molecular flexibility index (Phi) is 5.67. The number of thioether (sulfide) groups is 1. The number of aliphatic hydroxyl groups is 1. The first-order valence-corrected chi connectivity index (χ1v) is 10.8. The van der Waals surface area contributed by atoms with Crippen LogP contribution in [0.2, 0.25) is 0 Å². The molecular formula is C20H22O3S2. The van der Waals surface area contributed by atoms with E-state index in [2.05, 4.69) is 0 Å². The van der Waals surface area contributed by atoms with Gasteiger partial charge >= 0.3 is 0 Å². The van der Waals surface area contributed by atoms with Crippen molar-refractivity contribution in [3.05, 3.63) is 71.6 Å². The van der Waals surface area contributed by atoms with Gasteiger partial charge in [0, 0.05) is 16.1 Å². The van der Waals surface area contributed by atoms with Gasteiger partial charge in [-0.15, -0.1) is 11.8 Å². The van der Waals surface area contributed by atoms with Gasteiger partial charge in [0.05, 0.1) is 15.9 Å². The lowest BCUT2D eigenvalue weighted by atomic mass is 10.0. The molecule has 0 aliphatic heterocycles. The van der Waals surface area contributed by atoms with Crippen LogP contribution >= 0.6 is 11.8 Å². The molecule has 5 heteroatoms. The fourth-order valence-corrected chi connectivity index (χ4v) is 6.03. The Morgan fingerprint density at radius 1 is 0.960 bits per heavy atom. The zero-order valence-electron chi connectivity index (χ0n) is 14.1.